The molecule has 1 N–H and O–H groups in total. The third-order valence-electron chi connectivity index (χ3n) is 4.14. The first-order chi connectivity index (χ1) is 9.43. The van der Waals surface area contributed by atoms with Crippen LogP contribution < -0.4 is 0 Å². The summed E-state index contributed by atoms with van der Waals surface area (Å²) < 4.78 is 0. The minimum atomic E-state index is -0.668. The van der Waals surface area contributed by atoms with Crippen LogP contribution in [0.15, 0.2) is 24.3 Å². The van der Waals surface area contributed by atoms with Crippen molar-refractivity contribution in [3.8, 4) is 0 Å². The summed E-state index contributed by atoms with van der Waals surface area (Å²) in [4.78, 5) is 13.4. The summed E-state index contributed by atoms with van der Waals surface area (Å²) in [5.74, 6) is 0.690. The van der Waals surface area contributed by atoms with Gasteiger partial charge in [-0.15, -0.1) is 0 Å². The highest BCUT2D eigenvalue weighted by molar-refractivity contribution is 5.82. The van der Waals surface area contributed by atoms with Crippen LogP contribution in [0.5, 0.6) is 0 Å². The lowest BCUT2D eigenvalue weighted by Gasteiger charge is -2.29. The molecule has 0 aromatic carbocycles. The third kappa shape index (κ3) is 5.22. The molecule has 3 heteroatoms. The summed E-state index contributed by atoms with van der Waals surface area (Å²) in [7, 11) is 3.65. The average molecular weight is 279 g/mol. The highest BCUT2D eigenvalue weighted by atomic mass is 16.3. The number of aliphatic hydroxyl groups excluding tert-OH is 1. The van der Waals surface area contributed by atoms with Crippen LogP contribution in [0.25, 0.3) is 0 Å². The van der Waals surface area contributed by atoms with Gasteiger partial charge in [-0.05, 0) is 39.8 Å². The van der Waals surface area contributed by atoms with E-state index >= 15 is 0 Å². The summed E-state index contributed by atoms with van der Waals surface area (Å²) in [6.45, 7) is 3.48. The van der Waals surface area contributed by atoms with Crippen molar-refractivity contribution in [3.63, 3.8) is 0 Å². The fourth-order valence-electron chi connectivity index (χ4n) is 2.92. The lowest BCUT2D eigenvalue weighted by Crippen LogP contribution is -2.46. The molecule has 0 saturated heterocycles. The lowest BCUT2D eigenvalue weighted by atomic mass is 9.94. The van der Waals surface area contributed by atoms with E-state index in [1.807, 2.05) is 33.2 Å². The topological polar surface area (TPSA) is 40.5 Å². The molecule has 1 fully saturated rings. The Balaban J connectivity index is 2.50. The molecule has 114 valence electrons. The Morgan fingerprint density at radius 3 is 2.35 bits per heavy atom. The number of hydrogen-bond acceptors (Lipinski definition) is 3. The van der Waals surface area contributed by atoms with Gasteiger partial charge in [0.25, 0.3) is 0 Å². The molecular weight excluding hydrogens is 250 g/mol. The van der Waals surface area contributed by atoms with Crippen molar-refractivity contribution >= 4 is 5.78 Å². The van der Waals surface area contributed by atoms with Crippen molar-refractivity contribution in [2.45, 2.75) is 51.7 Å². The minimum absolute atomic E-state index is 0.00393. The van der Waals surface area contributed by atoms with Crippen molar-refractivity contribution in [3.05, 3.63) is 24.3 Å². The Hall–Kier alpha value is -0.930. The van der Waals surface area contributed by atoms with Gasteiger partial charge >= 0.3 is 0 Å². The number of nitrogens with zero attached hydrogens (tertiary/aromatic N) is 1. The van der Waals surface area contributed by atoms with E-state index < -0.39 is 12.1 Å². The van der Waals surface area contributed by atoms with E-state index in [0.717, 1.165) is 5.92 Å². The van der Waals surface area contributed by atoms with E-state index in [-0.39, 0.29) is 11.7 Å². The van der Waals surface area contributed by atoms with Gasteiger partial charge in [0.2, 0.25) is 0 Å². The van der Waals surface area contributed by atoms with Gasteiger partial charge < -0.3 is 5.11 Å². The van der Waals surface area contributed by atoms with Crippen molar-refractivity contribution in [1.82, 2.24) is 4.90 Å². The van der Waals surface area contributed by atoms with E-state index in [1.165, 1.54) is 32.6 Å². The average Bonchev–Trinajstić information content (AvgIpc) is 2.86. The van der Waals surface area contributed by atoms with Crippen LogP contribution in [-0.2, 0) is 4.79 Å². The zero-order valence-electron chi connectivity index (χ0n) is 13.2. The molecule has 0 amide bonds. The number of ketones is 1. The molecule has 0 unspecified atom stereocenters. The largest absolute Gasteiger partial charge is 0.390 e. The molecule has 0 spiro atoms. The fourth-order valence-corrected chi connectivity index (χ4v) is 2.92. The SMILES string of the molecule is CC(=O)[C@H]([C@H](O)[C@H](C)/C=C/C=C/C1CCCC1)N(C)C. The molecular formula is C17H29NO2. The van der Waals surface area contributed by atoms with E-state index in [0.29, 0.717) is 0 Å². The van der Waals surface area contributed by atoms with Crippen LogP contribution in [0.1, 0.15) is 39.5 Å². The maximum Gasteiger partial charge on any atom is 0.149 e. The first-order valence-electron chi connectivity index (χ1n) is 7.63. The summed E-state index contributed by atoms with van der Waals surface area (Å²) in [6, 6.07) is -0.437. The highest BCUT2D eigenvalue weighted by Crippen LogP contribution is 2.25. The number of allylic oxidation sites excluding steroid dienone is 3. The molecule has 0 aromatic rings. The van der Waals surface area contributed by atoms with Gasteiger partial charge in [0.05, 0.1) is 12.1 Å². The van der Waals surface area contributed by atoms with E-state index in [9.17, 15) is 9.90 Å². The van der Waals surface area contributed by atoms with Gasteiger partial charge in [-0.25, -0.2) is 0 Å². The first-order valence-corrected chi connectivity index (χ1v) is 7.63. The van der Waals surface area contributed by atoms with Gasteiger partial charge in [-0.3, -0.25) is 9.69 Å². The molecule has 0 aromatic heterocycles. The monoisotopic (exact) mass is 279 g/mol. The smallest absolute Gasteiger partial charge is 0.149 e. The van der Waals surface area contributed by atoms with E-state index in [2.05, 4.69) is 12.2 Å². The Labute approximate surface area is 123 Å². The van der Waals surface area contributed by atoms with Crippen LogP contribution in [0, 0.1) is 11.8 Å². The fraction of sp³-hybridized carbons (Fsp3) is 0.706. The molecule has 1 aliphatic rings. The van der Waals surface area contributed by atoms with Gasteiger partial charge in [0, 0.05) is 5.92 Å². The molecule has 0 bridgehead atoms. The molecule has 3 nitrogen and oxygen atoms in total. The third-order valence-corrected chi connectivity index (χ3v) is 4.14. The number of hydrogen-bond donors (Lipinski definition) is 1. The second-order valence-electron chi connectivity index (χ2n) is 6.18. The first kappa shape index (κ1) is 17.1. The summed E-state index contributed by atoms with van der Waals surface area (Å²) in [6.07, 6.45) is 12.9. The zero-order chi connectivity index (χ0) is 15.1. The standard InChI is InChI=1S/C17H29NO2/c1-13(17(20)16(14(2)19)18(3)4)9-5-6-10-15-11-7-8-12-15/h5-6,9-10,13,15-17,20H,7-8,11-12H2,1-4H3/b9-5+,10-6+/t13-,16-,17-/m1/s1. The molecule has 1 saturated carbocycles. The van der Waals surface area contributed by atoms with Gasteiger partial charge in [-0.2, -0.15) is 0 Å². The van der Waals surface area contributed by atoms with Crippen molar-refractivity contribution in [2.24, 2.45) is 11.8 Å². The predicted octanol–water partition coefficient (Wildman–Crippen LogP) is 2.81. The number of Topliss-reactive ketones (excluding diaryl/α,β-unsaturated/α-hetero) is 1. The van der Waals surface area contributed by atoms with Crippen molar-refractivity contribution < 1.29 is 9.90 Å². The molecule has 20 heavy (non-hydrogen) atoms. The zero-order valence-corrected chi connectivity index (χ0v) is 13.2. The van der Waals surface area contributed by atoms with Crippen LogP contribution in [-0.4, -0.2) is 42.0 Å². The second-order valence-corrected chi connectivity index (χ2v) is 6.18. The Kier molecular flexibility index (Phi) is 7.17. The van der Waals surface area contributed by atoms with Gasteiger partial charge in [0.15, 0.2) is 0 Å². The quantitative estimate of drug-likeness (QED) is 0.729. The normalized spacial score (nSPS) is 21.9. The molecule has 0 radical (unpaired) electrons. The van der Waals surface area contributed by atoms with Crippen LogP contribution in [0.2, 0.25) is 0 Å². The number of carbonyl (C=O) groups is 1. The molecule has 0 heterocycles. The van der Waals surface area contributed by atoms with E-state index in [1.54, 1.807) is 4.90 Å². The Bertz CT molecular complexity index is 354. The maximum absolute atomic E-state index is 11.6. The predicted molar refractivity (Wildman–Crippen MR) is 83.6 cm³/mol. The van der Waals surface area contributed by atoms with Gasteiger partial charge in [-0.1, -0.05) is 44.1 Å². The Morgan fingerprint density at radius 1 is 1.25 bits per heavy atom. The number of carbonyl (C=O) groups excluding carboxylic acids is 1. The molecule has 0 aliphatic heterocycles. The minimum Gasteiger partial charge on any atom is -0.390 e. The van der Waals surface area contributed by atoms with Crippen LogP contribution in [0.4, 0.5) is 0 Å². The number of likely N-dealkylation sites (N-methyl/N-ethyl adjacent to an activating group) is 1. The van der Waals surface area contributed by atoms with Crippen LogP contribution >= 0.6 is 0 Å². The van der Waals surface area contributed by atoms with Crippen molar-refractivity contribution in [1.29, 1.82) is 0 Å². The lowest BCUT2D eigenvalue weighted by molar-refractivity contribution is -0.125. The summed E-state index contributed by atoms with van der Waals surface area (Å²) in [5.41, 5.74) is 0. The second kappa shape index (κ2) is 8.38. The Morgan fingerprint density at radius 2 is 1.85 bits per heavy atom. The van der Waals surface area contributed by atoms with E-state index in [4.69, 9.17) is 0 Å². The molecule has 1 rings (SSSR count). The number of aliphatic hydroxyl groups is 1. The summed E-state index contributed by atoms with van der Waals surface area (Å²) in [5, 5.41) is 10.3. The summed E-state index contributed by atoms with van der Waals surface area (Å²) >= 11 is 0. The molecule has 3 atom stereocenters. The maximum atomic E-state index is 11.6. The van der Waals surface area contributed by atoms with Crippen molar-refractivity contribution in [2.75, 3.05) is 14.1 Å². The number of rotatable bonds is 7. The highest BCUT2D eigenvalue weighted by Gasteiger charge is 2.28. The van der Waals surface area contributed by atoms with Crippen LogP contribution in [0.3, 0.4) is 0 Å². The molecule has 1 aliphatic carbocycles. The van der Waals surface area contributed by atoms with Gasteiger partial charge in [0.1, 0.15) is 5.78 Å².